The second kappa shape index (κ2) is 13.1. The molecule has 0 N–H and O–H groups in total. The molecule has 0 aliphatic carbocycles. The molecule has 5 rings (SSSR count). The average Bonchev–Trinajstić information content (AvgIpc) is 3.22. The third kappa shape index (κ3) is 7.02. The van der Waals surface area contributed by atoms with Gasteiger partial charge in [-0.25, -0.2) is 12.8 Å². The topological polar surface area (TPSA) is 54.3 Å². The first-order valence-electron chi connectivity index (χ1n) is 14.2. The summed E-state index contributed by atoms with van der Waals surface area (Å²) in [7, 11) is -3.70. The zero-order valence-corrected chi connectivity index (χ0v) is 26.0. The summed E-state index contributed by atoms with van der Waals surface area (Å²) in [6, 6.07) is 17.6. The summed E-state index contributed by atoms with van der Waals surface area (Å²) in [4.78, 5) is 5.39. The Hall–Kier alpha value is -2.72. The van der Waals surface area contributed by atoms with Gasteiger partial charge in [-0.05, 0) is 85.9 Å². The smallest absolute Gasteiger partial charge is 0.209 e. The van der Waals surface area contributed by atoms with Crippen LogP contribution in [-0.4, -0.2) is 61.9 Å². The van der Waals surface area contributed by atoms with Crippen molar-refractivity contribution in [3.8, 4) is 5.75 Å². The van der Waals surface area contributed by atoms with Gasteiger partial charge in [0.25, 0.3) is 0 Å². The second-order valence-corrected chi connectivity index (χ2v) is 13.7. The summed E-state index contributed by atoms with van der Waals surface area (Å²) < 4.78 is 50.2. The first kappa shape index (κ1) is 29.8. The molecule has 3 heterocycles. The predicted molar refractivity (Wildman–Crippen MR) is 164 cm³/mol. The van der Waals surface area contributed by atoms with Crippen LogP contribution in [0, 0.1) is 5.82 Å². The average molecular weight is 643 g/mol. The Balaban J connectivity index is 1.13. The summed E-state index contributed by atoms with van der Waals surface area (Å²) >= 11 is 3.32. The lowest BCUT2D eigenvalue weighted by Crippen LogP contribution is -2.31. The van der Waals surface area contributed by atoms with E-state index in [1.54, 1.807) is 24.3 Å². The van der Waals surface area contributed by atoms with Crippen molar-refractivity contribution in [2.45, 2.75) is 48.9 Å². The monoisotopic (exact) mass is 641 g/mol. The molecule has 2 aromatic heterocycles. The standard InChI is InChI=1S/C32H37BrFN3O3S/c1-24(2)29-23-37-17-4-3-7-31(37)32(29)41(38,39)28-12-10-27(11-13-28)40-20-6-16-35-14-5-15-36(19-18-35)22-25-8-9-26(33)21-30(25)34/h3-4,7-13,17,21,23-24H,5-6,14-16,18-20,22H2,1-2H3. The lowest BCUT2D eigenvalue weighted by Gasteiger charge is -2.22. The van der Waals surface area contributed by atoms with Crippen LogP contribution in [0.4, 0.5) is 4.39 Å². The van der Waals surface area contributed by atoms with E-state index in [1.165, 1.54) is 6.07 Å². The van der Waals surface area contributed by atoms with E-state index < -0.39 is 9.84 Å². The zero-order chi connectivity index (χ0) is 29.0. The van der Waals surface area contributed by atoms with Crippen molar-refractivity contribution in [3.05, 3.63) is 94.5 Å². The van der Waals surface area contributed by atoms with Crippen LogP contribution in [0.5, 0.6) is 5.75 Å². The van der Waals surface area contributed by atoms with Crippen LogP contribution in [0.2, 0.25) is 0 Å². The summed E-state index contributed by atoms with van der Waals surface area (Å²) in [5.41, 5.74) is 2.23. The number of aromatic nitrogens is 1. The zero-order valence-electron chi connectivity index (χ0n) is 23.6. The molecule has 218 valence electrons. The first-order chi connectivity index (χ1) is 19.7. The number of halogens is 2. The Morgan fingerprint density at radius 2 is 1.73 bits per heavy atom. The Morgan fingerprint density at radius 1 is 0.976 bits per heavy atom. The van der Waals surface area contributed by atoms with E-state index in [4.69, 9.17) is 4.74 Å². The minimum atomic E-state index is -3.70. The maximum absolute atomic E-state index is 14.3. The molecule has 0 spiro atoms. The molecule has 41 heavy (non-hydrogen) atoms. The fraction of sp³-hybridized carbons (Fsp3) is 0.375. The number of hydrogen-bond donors (Lipinski definition) is 0. The SMILES string of the molecule is CC(C)c1cn2ccccc2c1S(=O)(=O)c1ccc(OCCCN2CCCN(Cc3ccc(Br)cc3F)CC2)cc1. The van der Waals surface area contributed by atoms with Crippen LogP contribution in [-0.2, 0) is 16.4 Å². The molecule has 1 aliphatic rings. The maximum Gasteiger partial charge on any atom is 0.209 e. The fourth-order valence-electron chi connectivity index (χ4n) is 5.43. The van der Waals surface area contributed by atoms with Gasteiger partial charge in [0.2, 0.25) is 9.84 Å². The number of hydrogen-bond acceptors (Lipinski definition) is 5. The van der Waals surface area contributed by atoms with Crippen LogP contribution >= 0.6 is 15.9 Å². The number of rotatable bonds is 10. The highest BCUT2D eigenvalue weighted by molar-refractivity contribution is 9.10. The van der Waals surface area contributed by atoms with Crippen molar-refractivity contribution in [2.24, 2.45) is 0 Å². The van der Waals surface area contributed by atoms with Crippen molar-refractivity contribution >= 4 is 31.3 Å². The van der Waals surface area contributed by atoms with E-state index in [1.807, 2.05) is 61.0 Å². The van der Waals surface area contributed by atoms with Crippen molar-refractivity contribution in [2.75, 3.05) is 39.3 Å². The fourth-order valence-corrected chi connectivity index (χ4v) is 7.54. The number of benzene rings is 2. The van der Waals surface area contributed by atoms with E-state index in [-0.39, 0.29) is 16.6 Å². The van der Waals surface area contributed by atoms with Gasteiger partial charge in [-0.1, -0.05) is 41.9 Å². The summed E-state index contributed by atoms with van der Waals surface area (Å²) in [6.45, 7) is 9.94. The van der Waals surface area contributed by atoms with Crippen molar-refractivity contribution in [3.63, 3.8) is 0 Å². The third-order valence-corrected chi connectivity index (χ3v) is 10.0. The lowest BCUT2D eigenvalue weighted by atomic mass is 10.1. The van der Waals surface area contributed by atoms with Crippen molar-refractivity contribution < 1.29 is 17.5 Å². The van der Waals surface area contributed by atoms with Crippen LogP contribution in [0.25, 0.3) is 5.52 Å². The maximum atomic E-state index is 14.3. The molecule has 0 atom stereocenters. The van der Waals surface area contributed by atoms with E-state index in [0.717, 1.165) is 61.2 Å². The van der Waals surface area contributed by atoms with Gasteiger partial charge < -0.3 is 14.0 Å². The van der Waals surface area contributed by atoms with Gasteiger partial charge in [-0.15, -0.1) is 0 Å². The highest BCUT2D eigenvalue weighted by Gasteiger charge is 2.27. The van der Waals surface area contributed by atoms with Gasteiger partial charge in [-0.2, -0.15) is 0 Å². The highest BCUT2D eigenvalue weighted by Crippen LogP contribution is 2.34. The molecule has 2 aromatic carbocycles. The minimum Gasteiger partial charge on any atom is -0.494 e. The molecule has 1 fully saturated rings. The molecule has 0 bridgehead atoms. The quantitative estimate of drug-likeness (QED) is 0.179. The van der Waals surface area contributed by atoms with Crippen molar-refractivity contribution in [1.29, 1.82) is 0 Å². The third-order valence-electron chi connectivity index (χ3n) is 7.67. The molecule has 4 aromatic rings. The second-order valence-electron chi connectivity index (χ2n) is 10.9. The molecule has 0 amide bonds. The van der Waals surface area contributed by atoms with Crippen molar-refractivity contribution in [1.82, 2.24) is 14.2 Å². The van der Waals surface area contributed by atoms with Crippen LogP contribution in [0.1, 0.15) is 43.7 Å². The minimum absolute atomic E-state index is 0.0732. The van der Waals surface area contributed by atoms with Gasteiger partial charge >= 0.3 is 0 Å². The Kier molecular flexibility index (Phi) is 9.49. The van der Waals surface area contributed by atoms with Gasteiger partial charge in [-0.3, -0.25) is 4.90 Å². The number of sulfone groups is 1. The van der Waals surface area contributed by atoms with E-state index >= 15 is 0 Å². The summed E-state index contributed by atoms with van der Waals surface area (Å²) in [5, 5.41) is 0. The van der Waals surface area contributed by atoms with E-state index in [0.29, 0.717) is 29.3 Å². The van der Waals surface area contributed by atoms with Crippen LogP contribution in [0.15, 0.2) is 87.3 Å². The molecular weight excluding hydrogens is 605 g/mol. The van der Waals surface area contributed by atoms with E-state index in [9.17, 15) is 12.8 Å². The number of nitrogens with zero attached hydrogens (tertiary/aromatic N) is 3. The molecule has 0 unspecified atom stereocenters. The van der Waals surface area contributed by atoms with Gasteiger partial charge in [0.15, 0.2) is 0 Å². The molecule has 1 aliphatic heterocycles. The van der Waals surface area contributed by atoms with E-state index in [2.05, 4.69) is 25.7 Å². The summed E-state index contributed by atoms with van der Waals surface area (Å²) in [6.07, 6.45) is 5.71. The Morgan fingerprint density at radius 3 is 2.49 bits per heavy atom. The molecule has 1 saturated heterocycles. The molecular formula is C32H37BrFN3O3S. The predicted octanol–water partition coefficient (Wildman–Crippen LogP) is 6.77. The molecule has 6 nitrogen and oxygen atoms in total. The normalized spacial score (nSPS) is 15.4. The highest BCUT2D eigenvalue weighted by atomic mass is 79.9. The Labute approximate surface area is 250 Å². The first-order valence-corrected chi connectivity index (χ1v) is 16.5. The largest absolute Gasteiger partial charge is 0.494 e. The van der Waals surface area contributed by atoms with Gasteiger partial charge in [0.1, 0.15) is 16.5 Å². The van der Waals surface area contributed by atoms with Gasteiger partial charge in [0.05, 0.1) is 17.0 Å². The Bertz CT molecular complexity index is 1590. The summed E-state index contributed by atoms with van der Waals surface area (Å²) in [5.74, 6) is 0.569. The lowest BCUT2D eigenvalue weighted by molar-refractivity contribution is 0.228. The van der Waals surface area contributed by atoms with Gasteiger partial charge in [0, 0.05) is 48.6 Å². The molecule has 0 radical (unpaired) electrons. The number of pyridine rings is 1. The molecule has 0 saturated carbocycles. The number of fused-ring (bicyclic) bond motifs is 1. The molecule has 9 heteroatoms. The number of ether oxygens (including phenoxy) is 1. The van der Waals surface area contributed by atoms with Crippen LogP contribution in [0.3, 0.4) is 0 Å². The van der Waals surface area contributed by atoms with Crippen LogP contribution < -0.4 is 4.74 Å².